The molecule has 0 unspecified atom stereocenters. The minimum Gasteiger partial charge on any atom is -0.456 e. The van der Waals surface area contributed by atoms with E-state index in [0.717, 1.165) is 27.5 Å². The molecule has 9 rings (SSSR count). The molecule has 3 aromatic heterocycles. The lowest BCUT2D eigenvalue weighted by Crippen LogP contribution is -2.00. The molecule has 0 N–H and O–H groups in total. The van der Waals surface area contributed by atoms with Crippen LogP contribution in [-0.2, 0) is 0 Å². The lowest BCUT2D eigenvalue weighted by atomic mass is 10.0. The van der Waals surface area contributed by atoms with Crippen LogP contribution < -0.4 is 0 Å². The van der Waals surface area contributed by atoms with Gasteiger partial charge in [-0.05, 0) is 41.4 Å². The van der Waals surface area contributed by atoms with Crippen molar-refractivity contribution < 1.29 is 18.4 Å². The minimum atomic E-state index is -0.499. The van der Waals surface area contributed by atoms with Gasteiger partial charge in [-0.15, -0.1) is 0 Å². The highest BCUT2D eigenvalue weighted by molar-refractivity contribution is 6.09. The van der Waals surface area contributed by atoms with Crippen molar-refractivity contribution in [2.24, 2.45) is 0 Å². The Labute approximate surface area is 261 Å². The third-order valence-corrected chi connectivity index (χ3v) is 7.68. The zero-order valence-corrected chi connectivity index (χ0v) is 22.9. The first-order valence-electron chi connectivity index (χ1n) is 17.5. The van der Waals surface area contributed by atoms with Gasteiger partial charge >= 0.3 is 0 Å². The normalized spacial score (nSPS) is 13.9. The van der Waals surface area contributed by atoms with Crippen LogP contribution in [0, 0.1) is 0 Å². The summed E-state index contributed by atoms with van der Waals surface area (Å²) >= 11 is 0. The van der Waals surface area contributed by atoms with E-state index in [-0.39, 0.29) is 45.0 Å². The molecular formula is C39H23N3O2. The van der Waals surface area contributed by atoms with Crippen LogP contribution in [0.2, 0.25) is 0 Å². The van der Waals surface area contributed by atoms with Crippen molar-refractivity contribution in [2.75, 3.05) is 0 Å². The van der Waals surface area contributed by atoms with Crippen LogP contribution in [-0.4, -0.2) is 15.0 Å². The van der Waals surface area contributed by atoms with Crippen molar-refractivity contribution >= 4 is 43.9 Å². The third-order valence-electron chi connectivity index (χ3n) is 7.68. The predicted octanol–water partition coefficient (Wildman–Crippen LogP) is 10.3. The molecule has 0 amide bonds. The van der Waals surface area contributed by atoms with E-state index in [1.807, 2.05) is 97.1 Å². The third kappa shape index (κ3) is 3.98. The van der Waals surface area contributed by atoms with E-state index >= 15 is 0 Å². The molecule has 0 aliphatic heterocycles. The summed E-state index contributed by atoms with van der Waals surface area (Å²) in [4.78, 5) is 14.5. The Hall–Kier alpha value is -6.07. The summed E-state index contributed by atoms with van der Waals surface area (Å²) in [5, 5.41) is 1.82. The van der Waals surface area contributed by atoms with Gasteiger partial charge in [0.2, 0.25) is 0 Å². The minimum absolute atomic E-state index is 0.0209. The van der Waals surface area contributed by atoms with Crippen molar-refractivity contribution in [1.82, 2.24) is 15.0 Å². The van der Waals surface area contributed by atoms with Gasteiger partial charge in [0.1, 0.15) is 22.3 Å². The Morgan fingerprint density at radius 3 is 1.98 bits per heavy atom. The smallest absolute Gasteiger partial charge is 0.167 e. The first kappa shape index (κ1) is 18.5. The van der Waals surface area contributed by atoms with Gasteiger partial charge < -0.3 is 8.83 Å². The van der Waals surface area contributed by atoms with Gasteiger partial charge in [0.05, 0.1) is 15.2 Å². The molecular weight excluding hydrogens is 542 g/mol. The topological polar surface area (TPSA) is 65.0 Å². The average Bonchev–Trinajstić information content (AvgIpc) is 3.75. The number of nitrogens with zero attached hydrogens (tertiary/aromatic N) is 3. The van der Waals surface area contributed by atoms with Crippen molar-refractivity contribution in [2.45, 2.75) is 0 Å². The van der Waals surface area contributed by atoms with Crippen LogP contribution in [0.4, 0.5) is 0 Å². The Morgan fingerprint density at radius 2 is 1.09 bits per heavy atom. The van der Waals surface area contributed by atoms with Crippen LogP contribution in [0.1, 0.15) is 9.60 Å². The predicted molar refractivity (Wildman–Crippen MR) is 176 cm³/mol. The van der Waals surface area contributed by atoms with Crippen molar-refractivity contribution in [3.05, 3.63) is 139 Å². The lowest BCUT2D eigenvalue weighted by Gasteiger charge is -2.09. The van der Waals surface area contributed by atoms with Crippen LogP contribution in [0.15, 0.2) is 148 Å². The largest absolute Gasteiger partial charge is 0.456 e. The molecule has 206 valence electrons. The maximum absolute atomic E-state index is 9.01. The van der Waals surface area contributed by atoms with E-state index in [9.17, 15) is 0 Å². The Morgan fingerprint density at radius 1 is 0.432 bits per heavy atom. The summed E-state index contributed by atoms with van der Waals surface area (Å²) in [7, 11) is 0. The van der Waals surface area contributed by atoms with Crippen LogP contribution in [0.25, 0.3) is 89.2 Å². The number of rotatable bonds is 4. The average molecular weight is 573 g/mol. The molecule has 5 nitrogen and oxygen atoms in total. The molecule has 0 bridgehead atoms. The highest BCUT2D eigenvalue weighted by atomic mass is 16.3. The van der Waals surface area contributed by atoms with Gasteiger partial charge in [0, 0.05) is 32.7 Å². The molecule has 0 radical (unpaired) electrons. The summed E-state index contributed by atoms with van der Waals surface area (Å²) in [6.45, 7) is 0. The van der Waals surface area contributed by atoms with E-state index in [1.54, 1.807) is 0 Å². The SMILES string of the molecule is [2H]c1c([2H])c([2H])c2c(oc3c(-c4nc(-c5ccc(-c6ccccc6)cc5)nc(-c5ccc6c(c5)oc5ccccc56)n4)c([2H])c([2H])c([2H])c32)c1[2H]. The highest BCUT2D eigenvalue weighted by Gasteiger charge is 2.18. The molecule has 0 atom stereocenters. The number of hydrogen-bond acceptors (Lipinski definition) is 5. The first-order chi connectivity index (χ1) is 24.7. The van der Waals surface area contributed by atoms with Crippen LogP contribution >= 0.6 is 0 Å². The molecule has 5 heteroatoms. The standard InChI is InChI=1S/C39H23N3O2/c1-2-9-24(10-3-1)25-17-19-26(20-18-25)37-40-38(27-21-22-30-28-11-4-6-15-33(28)43-35(30)23-27)42-39(41-37)32-14-8-13-31-29-12-5-7-16-34(29)44-36(31)32/h1-23H/i5D,7D,8D,12D,13D,14D,16D. The molecule has 0 aliphatic rings. The van der Waals surface area contributed by atoms with Gasteiger partial charge in [0.25, 0.3) is 0 Å². The fourth-order valence-electron chi connectivity index (χ4n) is 5.54. The number of furan rings is 2. The molecule has 6 aromatic carbocycles. The van der Waals surface area contributed by atoms with Crippen LogP contribution in [0.5, 0.6) is 0 Å². The molecule has 44 heavy (non-hydrogen) atoms. The second-order valence-corrected chi connectivity index (χ2v) is 10.3. The summed E-state index contributed by atoms with van der Waals surface area (Å²) < 4.78 is 72.3. The zero-order valence-electron chi connectivity index (χ0n) is 29.9. The molecule has 0 spiro atoms. The van der Waals surface area contributed by atoms with Gasteiger partial charge in [-0.1, -0.05) is 109 Å². The second kappa shape index (κ2) is 9.75. The van der Waals surface area contributed by atoms with Crippen LogP contribution in [0.3, 0.4) is 0 Å². The van der Waals surface area contributed by atoms with Crippen molar-refractivity contribution in [3.63, 3.8) is 0 Å². The number of aromatic nitrogens is 3. The van der Waals surface area contributed by atoms with E-state index in [1.165, 1.54) is 0 Å². The van der Waals surface area contributed by atoms with Crippen molar-refractivity contribution in [1.29, 1.82) is 0 Å². The fourth-order valence-corrected chi connectivity index (χ4v) is 5.54. The second-order valence-electron chi connectivity index (χ2n) is 10.3. The zero-order chi connectivity index (χ0) is 35.1. The quantitative estimate of drug-likeness (QED) is 0.210. The number of hydrogen-bond donors (Lipinski definition) is 0. The molecule has 0 aliphatic carbocycles. The molecule has 0 fully saturated rings. The maximum atomic E-state index is 9.01. The van der Waals surface area contributed by atoms with Gasteiger partial charge in [-0.3, -0.25) is 0 Å². The van der Waals surface area contributed by atoms with Gasteiger partial charge in [-0.25, -0.2) is 15.0 Å². The first-order valence-corrected chi connectivity index (χ1v) is 14.0. The Kier molecular flexibility index (Phi) is 4.09. The summed E-state index contributed by atoms with van der Waals surface area (Å²) in [5.74, 6) is 0.497. The number of benzene rings is 6. The summed E-state index contributed by atoms with van der Waals surface area (Å²) in [6.07, 6.45) is 0. The van der Waals surface area contributed by atoms with E-state index in [2.05, 4.69) is 0 Å². The number of fused-ring (bicyclic) bond motifs is 6. The van der Waals surface area contributed by atoms with E-state index in [0.29, 0.717) is 16.7 Å². The summed E-state index contributed by atoms with van der Waals surface area (Å²) in [5.41, 5.74) is 4.34. The van der Waals surface area contributed by atoms with E-state index in [4.69, 9.17) is 33.4 Å². The van der Waals surface area contributed by atoms with E-state index < -0.39 is 42.3 Å². The molecule has 3 heterocycles. The fraction of sp³-hybridized carbons (Fsp3) is 0. The molecule has 0 saturated heterocycles. The number of para-hydroxylation sites is 3. The maximum Gasteiger partial charge on any atom is 0.167 e. The lowest BCUT2D eigenvalue weighted by molar-refractivity contribution is 0.668. The van der Waals surface area contributed by atoms with Crippen molar-refractivity contribution in [3.8, 4) is 45.3 Å². The van der Waals surface area contributed by atoms with Gasteiger partial charge in [-0.2, -0.15) is 0 Å². The molecule has 9 aromatic rings. The Bertz CT molecular complexity index is 2890. The van der Waals surface area contributed by atoms with Gasteiger partial charge in [0.15, 0.2) is 17.5 Å². The monoisotopic (exact) mass is 572 g/mol. The highest BCUT2D eigenvalue weighted by Crippen LogP contribution is 2.37. The summed E-state index contributed by atoms with van der Waals surface area (Å²) in [6, 6.07) is 27.9. The molecule has 0 saturated carbocycles. The Balaban J connectivity index is 1.32.